The molecule has 2 unspecified atom stereocenters. The van der Waals surface area contributed by atoms with Crippen LogP contribution in [0.5, 0.6) is 5.75 Å². The second-order valence-corrected chi connectivity index (χ2v) is 6.69. The summed E-state index contributed by atoms with van der Waals surface area (Å²) in [6.45, 7) is 6.10. The second kappa shape index (κ2) is 9.12. The van der Waals surface area contributed by atoms with Crippen LogP contribution in [0.25, 0.3) is 0 Å². The maximum atomic E-state index is 12.8. The molecule has 142 valence electrons. The van der Waals surface area contributed by atoms with Gasteiger partial charge in [-0.1, -0.05) is 24.8 Å². The molecule has 5 heteroatoms. The van der Waals surface area contributed by atoms with Gasteiger partial charge in [0.1, 0.15) is 5.75 Å². The fourth-order valence-electron chi connectivity index (χ4n) is 3.37. The first kappa shape index (κ1) is 20.4. The fraction of sp³-hybridized carbons (Fsp3) is 0.524. The topological polar surface area (TPSA) is 9.23 Å². The Morgan fingerprint density at radius 1 is 1.19 bits per heavy atom. The number of halogens is 4. The van der Waals surface area contributed by atoms with E-state index in [0.29, 0.717) is 23.3 Å². The Labute approximate surface area is 152 Å². The van der Waals surface area contributed by atoms with E-state index in [0.717, 1.165) is 32.1 Å². The van der Waals surface area contributed by atoms with Crippen LogP contribution in [0.4, 0.5) is 17.6 Å². The van der Waals surface area contributed by atoms with Gasteiger partial charge < -0.3 is 4.74 Å². The largest absolute Gasteiger partial charge is 0.457 e. The third kappa shape index (κ3) is 5.79. The van der Waals surface area contributed by atoms with Crippen LogP contribution >= 0.6 is 0 Å². The maximum Gasteiger partial charge on any atom is 0.457 e. The smallest absolute Gasteiger partial charge is 0.452 e. The number of alkyl halides is 4. The van der Waals surface area contributed by atoms with Crippen molar-refractivity contribution in [2.45, 2.75) is 51.6 Å². The Kier molecular flexibility index (Phi) is 7.14. The molecule has 0 spiro atoms. The average Bonchev–Trinajstić information content (AvgIpc) is 2.62. The van der Waals surface area contributed by atoms with Crippen LogP contribution in [-0.4, -0.2) is 12.5 Å². The highest BCUT2D eigenvalue weighted by Gasteiger charge is 2.42. The molecule has 26 heavy (non-hydrogen) atoms. The van der Waals surface area contributed by atoms with Crippen molar-refractivity contribution in [2.75, 3.05) is 0 Å². The zero-order chi connectivity index (χ0) is 19.2. The lowest BCUT2D eigenvalue weighted by molar-refractivity contribution is -0.236. The molecule has 1 aromatic carbocycles. The van der Waals surface area contributed by atoms with E-state index in [1.165, 1.54) is 12.1 Å². The average molecular weight is 368 g/mol. The van der Waals surface area contributed by atoms with Gasteiger partial charge in [0.2, 0.25) is 0 Å². The molecule has 0 heterocycles. The van der Waals surface area contributed by atoms with E-state index in [2.05, 4.69) is 36.2 Å². The number of allylic oxidation sites excluding steroid dienone is 1. The zero-order valence-electron chi connectivity index (χ0n) is 14.9. The Bertz CT molecular complexity index is 631. The van der Waals surface area contributed by atoms with Gasteiger partial charge in [0.15, 0.2) is 0 Å². The summed E-state index contributed by atoms with van der Waals surface area (Å²) in [4.78, 5) is 0. The molecule has 1 aliphatic rings. The Hall–Kier alpha value is -1.96. The predicted molar refractivity (Wildman–Crippen MR) is 94.3 cm³/mol. The normalized spacial score (nSPS) is 22.7. The molecule has 1 nitrogen and oxygen atoms in total. The number of ether oxygens (including phenoxy) is 1. The van der Waals surface area contributed by atoms with E-state index in [1.807, 2.05) is 0 Å². The van der Waals surface area contributed by atoms with Crippen molar-refractivity contribution in [2.24, 2.45) is 17.8 Å². The predicted octanol–water partition coefficient (Wildman–Crippen LogP) is 6.29. The monoisotopic (exact) mass is 368 g/mol. The van der Waals surface area contributed by atoms with Gasteiger partial charge in [0.05, 0.1) is 0 Å². The van der Waals surface area contributed by atoms with E-state index in [4.69, 9.17) is 0 Å². The summed E-state index contributed by atoms with van der Waals surface area (Å²) in [6.07, 6.45) is -0.778. The number of rotatable bonds is 5. The summed E-state index contributed by atoms with van der Waals surface area (Å²) in [5.74, 6) is 7.74. The van der Waals surface area contributed by atoms with Gasteiger partial charge in [0, 0.05) is 11.5 Å². The lowest BCUT2D eigenvalue weighted by Crippen LogP contribution is -2.29. The van der Waals surface area contributed by atoms with Crippen molar-refractivity contribution in [3.05, 3.63) is 42.5 Å². The molecular formula is C21H24F4O. The van der Waals surface area contributed by atoms with Crippen molar-refractivity contribution in [1.82, 2.24) is 0 Å². The maximum absolute atomic E-state index is 12.8. The second-order valence-electron chi connectivity index (χ2n) is 6.69. The van der Waals surface area contributed by atoms with Crippen LogP contribution in [0.3, 0.4) is 0 Å². The minimum atomic E-state index is -5.03. The summed E-state index contributed by atoms with van der Waals surface area (Å²) in [6, 6.07) is 5.69. The molecular weight excluding hydrogens is 344 g/mol. The number of hydrogen-bond donors (Lipinski definition) is 0. The summed E-state index contributed by atoms with van der Waals surface area (Å²) in [7, 11) is 0. The highest BCUT2D eigenvalue weighted by atomic mass is 19.4. The van der Waals surface area contributed by atoms with E-state index in [9.17, 15) is 17.6 Å². The first-order valence-corrected chi connectivity index (χ1v) is 8.95. The minimum Gasteiger partial charge on any atom is -0.452 e. The zero-order valence-corrected chi connectivity index (χ0v) is 14.9. The van der Waals surface area contributed by atoms with Crippen molar-refractivity contribution in [1.29, 1.82) is 0 Å². The summed E-state index contributed by atoms with van der Waals surface area (Å²) >= 11 is 0. The molecule has 0 bridgehead atoms. The highest BCUT2D eigenvalue weighted by Crippen LogP contribution is 2.35. The molecule has 1 aromatic rings. The van der Waals surface area contributed by atoms with Gasteiger partial charge in [-0.25, -0.2) is 0 Å². The molecule has 0 aliphatic heterocycles. The van der Waals surface area contributed by atoms with Crippen LogP contribution in [0.2, 0.25) is 0 Å². The SMILES string of the molecule is C=CC(CC)C1CCC(C#Cc2ccc(OC(F)C(F)(F)F)cc2)CC1. The van der Waals surface area contributed by atoms with Gasteiger partial charge in [-0.2, -0.15) is 17.6 Å². The fourth-order valence-corrected chi connectivity index (χ4v) is 3.37. The van der Waals surface area contributed by atoms with Gasteiger partial charge in [-0.3, -0.25) is 0 Å². The van der Waals surface area contributed by atoms with Crippen LogP contribution in [0, 0.1) is 29.6 Å². The molecule has 1 aliphatic carbocycles. The lowest BCUT2D eigenvalue weighted by Gasteiger charge is -2.30. The number of hydrogen-bond acceptors (Lipinski definition) is 1. The molecule has 2 rings (SSSR count). The summed E-state index contributed by atoms with van der Waals surface area (Å²) in [5, 5.41) is 0. The summed E-state index contributed by atoms with van der Waals surface area (Å²) in [5.41, 5.74) is 0.680. The molecule has 1 saturated carbocycles. The Morgan fingerprint density at radius 3 is 2.31 bits per heavy atom. The molecule has 0 saturated heterocycles. The third-order valence-electron chi connectivity index (χ3n) is 4.92. The third-order valence-corrected chi connectivity index (χ3v) is 4.92. The highest BCUT2D eigenvalue weighted by molar-refractivity contribution is 5.38. The van der Waals surface area contributed by atoms with Gasteiger partial charge in [-0.05, 0) is 68.2 Å². The first-order chi connectivity index (χ1) is 12.3. The standard InChI is InChI=1S/C21H24F4O/c1-3-17(4-2)18-11-7-15(8-12-18)5-6-16-9-13-19(14-10-16)26-20(22)21(23,24)25/h3,9-10,13-15,17-18,20H,1,4,7-8,11-12H2,2H3. The quantitative estimate of drug-likeness (QED) is 0.337. The van der Waals surface area contributed by atoms with Gasteiger partial charge >= 0.3 is 12.5 Å². The Balaban J connectivity index is 1.88. The molecule has 1 fully saturated rings. The van der Waals surface area contributed by atoms with Crippen molar-refractivity contribution >= 4 is 0 Å². The van der Waals surface area contributed by atoms with Crippen molar-refractivity contribution in [3.8, 4) is 17.6 Å². The molecule has 2 atom stereocenters. The molecule has 0 radical (unpaired) electrons. The first-order valence-electron chi connectivity index (χ1n) is 8.95. The van der Waals surface area contributed by atoms with Gasteiger partial charge in [0.25, 0.3) is 0 Å². The van der Waals surface area contributed by atoms with Crippen LogP contribution in [-0.2, 0) is 0 Å². The van der Waals surface area contributed by atoms with Crippen LogP contribution < -0.4 is 4.74 Å². The van der Waals surface area contributed by atoms with E-state index < -0.39 is 12.5 Å². The lowest BCUT2D eigenvalue weighted by atomic mass is 9.75. The van der Waals surface area contributed by atoms with E-state index >= 15 is 0 Å². The minimum absolute atomic E-state index is 0.170. The summed E-state index contributed by atoms with van der Waals surface area (Å²) < 4.78 is 53.5. The Morgan fingerprint density at radius 2 is 1.81 bits per heavy atom. The van der Waals surface area contributed by atoms with Gasteiger partial charge in [-0.15, -0.1) is 6.58 Å². The van der Waals surface area contributed by atoms with E-state index in [-0.39, 0.29) is 5.75 Å². The molecule has 0 aromatic heterocycles. The van der Waals surface area contributed by atoms with Crippen molar-refractivity contribution in [3.63, 3.8) is 0 Å². The van der Waals surface area contributed by atoms with Crippen LogP contribution in [0.1, 0.15) is 44.6 Å². The number of benzene rings is 1. The van der Waals surface area contributed by atoms with E-state index in [1.54, 1.807) is 12.1 Å². The molecule has 0 N–H and O–H groups in total. The van der Waals surface area contributed by atoms with Crippen LogP contribution in [0.15, 0.2) is 36.9 Å². The molecule has 0 amide bonds. The van der Waals surface area contributed by atoms with Crippen molar-refractivity contribution < 1.29 is 22.3 Å².